The van der Waals surface area contributed by atoms with Gasteiger partial charge in [-0.3, -0.25) is 0 Å². The number of nitrogens with one attached hydrogen (secondary N) is 1. The van der Waals surface area contributed by atoms with Crippen LogP contribution in [0.3, 0.4) is 0 Å². The van der Waals surface area contributed by atoms with Gasteiger partial charge in [-0.2, -0.15) is 0 Å². The SMILES string of the molecule is Fc1ccc(CNCc2ccc(F)c(F)c2)c(F)c1. The van der Waals surface area contributed by atoms with E-state index < -0.39 is 23.3 Å². The summed E-state index contributed by atoms with van der Waals surface area (Å²) in [6.45, 7) is 0.430. The smallest absolute Gasteiger partial charge is 0.159 e. The van der Waals surface area contributed by atoms with Gasteiger partial charge in [0.1, 0.15) is 11.6 Å². The van der Waals surface area contributed by atoms with Crippen molar-refractivity contribution in [3.63, 3.8) is 0 Å². The molecule has 2 aromatic carbocycles. The quantitative estimate of drug-likeness (QED) is 0.837. The minimum atomic E-state index is -0.924. The maximum Gasteiger partial charge on any atom is 0.159 e. The molecule has 0 saturated heterocycles. The van der Waals surface area contributed by atoms with E-state index in [1.807, 2.05) is 0 Å². The monoisotopic (exact) mass is 269 g/mol. The van der Waals surface area contributed by atoms with Crippen LogP contribution in [0.25, 0.3) is 0 Å². The topological polar surface area (TPSA) is 12.0 Å². The van der Waals surface area contributed by atoms with Gasteiger partial charge in [0.25, 0.3) is 0 Å². The summed E-state index contributed by atoms with van der Waals surface area (Å²) in [5.74, 6) is -3.11. The first-order valence-electron chi connectivity index (χ1n) is 5.65. The van der Waals surface area contributed by atoms with Crippen molar-refractivity contribution < 1.29 is 17.6 Å². The Kier molecular flexibility index (Phi) is 4.16. The van der Waals surface area contributed by atoms with Crippen LogP contribution in [-0.4, -0.2) is 0 Å². The molecule has 0 aliphatic heterocycles. The second-order valence-corrected chi connectivity index (χ2v) is 4.09. The molecule has 2 aromatic rings. The number of benzene rings is 2. The van der Waals surface area contributed by atoms with E-state index in [-0.39, 0.29) is 13.1 Å². The molecule has 5 heteroatoms. The zero-order valence-corrected chi connectivity index (χ0v) is 9.89. The first kappa shape index (κ1) is 13.5. The third kappa shape index (κ3) is 3.54. The van der Waals surface area contributed by atoms with Crippen molar-refractivity contribution in [1.82, 2.24) is 5.32 Å². The number of halogens is 4. The van der Waals surface area contributed by atoms with Gasteiger partial charge in [-0.25, -0.2) is 17.6 Å². The van der Waals surface area contributed by atoms with Crippen LogP contribution in [0.4, 0.5) is 17.6 Å². The molecule has 0 amide bonds. The maximum atomic E-state index is 13.3. The average Bonchev–Trinajstić information content (AvgIpc) is 2.36. The predicted molar refractivity (Wildman–Crippen MR) is 63.3 cm³/mol. The zero-order chi connectivity index (χ0) is 13.8. The van der Waals surface area contributed by atoms with Crippen molar-refractivity contribution >= 4 is 0 Å². The lowest BCUT2D eigenvalue weighted by molar-refractivity contribution is 0.505. The normalized spacial score (nSPS) is 10.7. The highest BCUT2D eigenvalue weighted by molar-refractivity contribution is 5.20. The van der Waals surface area contributed by atoms with Crippen LogP contribution in [0.15, 0.2) is 36.4 Å². The van der Waals surface area contributed by atoms with Crippen molar-refractivity contribution in [2.45, 2.75) is 13.1 Å². The number of hydrogen-bond donors (Lipinski definition) is 1. The van der Waals surface area contributed by atoms with Crippen molar-refractivity contribution in [3.8, 4) is 0 Å². The van der Waals surface area contributed by atoms with Crippen molar-refractivity contribution in [3.05, 3.63) is 70.8 Å². The standard InChI is InChI=1S/C14H11F4N/c15-11-3-2-10(13(17)6-11)8-19-7-9-1-4-12(16)14(18)5-9/h1-6,19H,7-8H2. The molecule has 0 saturated carbocycles. The highest BCUT2D eigenvalue weighted by atomic mass is 19.2. The lowest BCUT2D eigenvalue weighted by Crippen LogP contribution is -2.14. The van der Waals surface area contributed by atoms with Crippen LogP contribution in [0, 0.1) is 23.3 Å². The van der Waals surface area contributed by atoms with E-state index in [0.717, 1.165) is 24.3 Å². The van der Waals surface area contributed by atoms with Crippen LogP contribution >= 0.6 is 0 Å². The molecule has 0 aliphatic rings. The van der Waals surface area contributed by atoms with Gasteiger partial charge in [-0.1, -0.05) is 12.1 Å². The van der Waals surface area contributed by atoms with Gasteiger partial charge in [0, 0.05) is 24.7 Å². The van der Waals surface area contributed by atoms with Crippen molar-refractivity contribution in [1.29, 1.82) is 0 Å². The zero-order valence-electron chi connectivity index (χ0n) is 9.89. The molecule has 0 fully saturated rings. The first-order chi connectivity index (χ1) is 9.06. The summed E-state index contributed by atoms with van der Waals surface area (Å²) in [7, 11) is 0. The predicted octanol–water partition coefficient (Wildman–Crippen LogP) is 3.53. The summed E-state index contributed by atoms with van der Waals surface area (Å²) in [5.41, 5.74) is 0.852. The Bertz CT molecular complexity index is 584. The maximum absolute atomic E-state index is 13.3. The molecule has 1 nitrogen and oxygen atoms in total. The summed E-state index contributed by atoms with van der Waals surface area (Å²) >= 11 is 0. The van der Waals surface area contributed by atoms with Gasteiger partial charge in [-0.05, 0) is 23.8 Å². The van der Waals surface area contributed by atoms with Crippen molar-refractivity contribution in [2.75, 3.05) is 0 Å². The fourth-order valence-corrected chi connectivity index (χ4v) is 1.66. The second kappa shape index (κ2) is 5.84. The number of hydrogen-bond acceptors (Lipinski definition) is 1. The fourth-order valence-electron chi connectivity index (χ4n) is 1.66. The second-order valence-electron chi connectivity index (χ2n) is 4.09. The van der Waals surface area contributed by atoms with Gasteiger partial charge >= 0.3 is 0 Å². The summed E-state index contributed by atoms with van der Waals surface area (Å²) < 4.78 is 51.6. The Hall–Kier alpha value is -1.88. The molecule has 0 atom stereocenters. The molecule has 100 valence electrons. The molecule has 1 N–H and O–H groups in total. The van der Waals surface area contributed by atoms with Crippen LogP contribution in [0.1, 0.15) is 11.1 Å². The van der Waals surface area contributed by atoms with Crippen LogP contribution in [0.2, 0.25) is 0 Å². The van der Waals surface area contributed by atoms with Gasteiger partial charge < -0.3 is 5.32 Å². The van der Waals surface area contributed by atoms with Crippen molar-refractivity contribution in [2.24, 2.45) is 0 Å². The number of rotatable bonds is 4. The van der Waals surface area contributed by atoms with E-state index in [1.54, 1.807) is 0 Å². The average molecular weight is 269 g/mol. The molecule has 0 radical (unpaired) electrons. The third-order valence-electron chi connectivity index (χ3n) is 2.64. The molecule has 19 heavy (non-hydrogen) atoms. The van der Waals surface area contributed by atoms with Gasteiger partial charge in [-0.15, -0.1) is 0 Å². The summed E-state index contributed by atoms with van der Waals surface area (Å²) in [6, 6.07) is 6.84. The Morgan fingerprint density at radius 3 is 2.21 bits per heavy atom. The molecule has 0 aliphatic carbocycles. The highest BCUT2D eigenvalue weighted by Gasteiger charge is 2.05. The molecule has 2 rings (SSSR count). The lowest BCUT2D eigenvalue weighted by Gasteiger charge is -2.06. The first-order valence-corrected chi connectivity index (χ1v) is 5.65. The van der Waals surface area contributed by atoms with Crippen LogP contribution < -0.4 is 5.32 Å². The largest absolute Gasteiger partial charge is 0.309 e. The van der Waals surface area contributed by atoms with E-state index in [9.17, 15) is 17.6 Å². The Morgan fingerprint density at radius 1 is 0.737 bits per heavy atom. The lowest BCUT2D eigenvalue weighted by atomic mass is 10.2. The molecule has 0 spiro atoms. The highest BCUT2D eigenvalue weighted by Crippen LogP contribution is 2.11. The third-order valence-corrected chi connectivity index (χ3v) is 2.64. The molecular weight excluding hydrogens is 258 g/mol. The van der Waals surface area contributed by atoms with E-state index in [2.05, 4.69) is 5.32 Å². The van der Waals surface area contributed by atoms with E-state index >= 15 is 0 Å². The van der Waals surface area contributed by atoms with Crippen LogP contribution in [0.5, 0.6) is 0 Å². The van der Waals surface area contributed by atoms with E-state index in [4.69, 9.17) is 0 Å². The van der Waals surface area contributed by atoms with Gasteiger partial charge in [0.05, 0.1) is 0 Å². The molecule has 0 aromatic heterocycles. The van der Waals surface area contributed by atoms with Gasteiger partial charge in [0.15, 0.2) is 11.6 Å². The molecular formula is C14H11F4N. The molecule has 0 unspecified atom stereocenters. The Labute approximate surface area is 107 Å². The Morgan fingerprint density at radius 2 is 1.53 bits per heavy atom. The van der Waals surface area contributed by atoms with Gasteiger partial charge in [0.2, 0.25) is 0 Å². The van der Waals surface area contributed by atoms with E-state index in [0.29, 0.717) is 11.1 Å². The summed E-state index contributed by atoms with van der Waals surface area (Å²) in [6.07, 6.45) is 0. The van der Waals surface area contributed by atoms with E-state index in [1.165, 1.54) is 12.1 Å². The fraction of sp³-hybridized carbons (Fsp3) is 0.143. The summed E-state index contributed by atoms with van der Waals surface area (Å²) in [4.78, 5) is 0. The Balaban J connectivity index is 1.94. The molecule has 0 bridgehead atoms. The van der Waals surface area contributed by atoms with Crippen LogP contribution in [-0.2, 0) is 13.1 Å². The minimum Gasteiger partial charge on any atom is -0.309 e. The molecule has 0 heterocycles. The minimum absolute atomic E-state index is 0.172. The summed E-state index contributed by atoms with van der Waals surface area (Å²) in [5, 5.41) is 2.87.